The number of nitrogens with zero attached hydrogens (tertiary/aromatic N) is 2. The summed E-state index contributed by atoms with van der Waals surface area (Å²) >= 11 is 0. The molecule has 0 saturated heterocycles. The number of hydrogen-bond acceptors (Lipinski definition) is 10. The van der Waals surface area contributed by atoms with E-state index in [1.54, 1.807) is 0 Å². The van der Waals surface area contributed by atoms with Crippen LogP contribution in [0.4, 0.5) is 0 Å². The highest BCUT2D eigenvalue weighted by molar-refractivity contribution is 7.46. The normalized spacial score (nSPS) is 13.0. The van der Waals surface area contributed by atoms with E-state index < -0.39 is 75.2 Å². The molecule has 0 aliphatic heterocycles. The maximum atomic E-state index is 12.9. The van der Waals surface area contributed by atoms with Crippen molar-refractivity contribution in [2.75, 3.05) is 39.8 Å². The van der Waals surface area contributed by atoms with Gasteiger partial charge < -0.3 is 58.3 Å². The van der Waals surface area contributed by atoms with Crippen LogP contribution in [0.15, 0.2) is 4.99 Å². The number of nitrogens with two attached hydrogens (primary N) is 3. The second-order valence-electron chi connectivity index (χ2n) is 9.23. The molecule has 0 unspecified atom stereocenters. The molecular formula is C22H42N9O11P. The Morgan fingerprint density at radius 1 is 0.953 bits per heavy atom. The number of phosphoric ester groups is 1. The van der Waals surface area contributed by atoms with E-state index in [1.807, 2.05) is 0 Å². The van der Waals surface area contributed by atoms with Gasteiger partial charge in [-0.25, -0.2) is 9.36 Å². The van der Waals surface area contributed by atoms with E-state index in [1.165, 1.54) is 14.0 Å². The van der Waals surface area contributed by atoms with Gasteiger partial charge in [-0.3, -0.25) is 33.5 Å². The van der Waals surface area contributed by atoms with Crippen molar-refractivity contribution < 1.29 is 52.7 Å². The molecule has 0 radical (unpaired) electrons. The number of likely N-dealkylation sites (N-methyl/N-ethyl adjacent to an activating group) is 1. The van der Waals surface area contributed by atoms with E-state index in [4.69, 9.17) is 27.0 Å². The molecule has 0 rings (SSSR count). The molecule has 3 atom stereocenters. The fourth-order valence-corrected chi connectivity index (χ4v) is 3.72. The number of carboxylic acid groups (broad SMARTS) is 1. The highest BCUT2D eigenvalue weighted by Crippen LogP contribution is 2.35. The number of carbonyl (C=O) groups excluding carboxylic acids is 5. The Bertz CT molecular complexity index is 1050. The van der Waals surface area contributed by atoms with Crippen LogP contribution >= 0.6 is 7.82 Å². The summed E-state index contributed by atoms with van der Waals surface area (Å²) in [5.41, 5.74) is 16.1. The Labute approximate surface area is 247 Å². The lowest BCUT2D eigenvalue weighted by Gasteiger charge is -2.27. The molecule has 43 heavy (non-hydrogen) atoms. The van der Waals surface area contributed by atoms with Crippen molar-refractivity contribution in [3.63, 3.8) is 0 Å². The minimum Gasteiger partial charge on any atom is -0.480 e. The number of unbranched alkanes of at least 4 members (excludes halogenated alkanes) is 1. The number of aliphatic carboxylic acids is 1. The smallest absolute Gasteiger partial charge is 0.469 e. The molecule has 13 N–H and O–H groups in total. The molecule has 5 amide bonds. The molecule has 246 valence electrons. The Balaban J connectivity index is 5.15. The number of phosphoric acid groups is 1. The first kappa shape index (κ1) is 39.2. The predicted molar refractivity (Wildman–Crippen MR) is 151 cm³/mol. The number of amides is 5. The van der Waals surface area contributed by atoms with Crippen molar-refractivity contribution in [2.24, 2.45) is 22.2 Å². The molecule has 0 aliphatic carbocycles. The number of nitrogens with one attached hydrogen (secondary N) is 4. The molecule has 0 heterocycles. The Morgan fingerprint density at radius 3 is 2.14 bits per heavy atom. The molecule has 0 aliphatic rings. The summed E-state index contributed by atoms with van der Waals surface area (Å²) < 4.78 is 14.9. The largest absolute Gasteiger partial charge is 0.480 e. The zero-order valence-electron chi connectivity index (χ0n) is 24.0. The Kier molecular flexibility index (Phi) is 18.3. The van der Waals surface area contributed by atoms with Gasteiger partial charge in [0.25, 0.3) is 0 Å². The summed E-state index contributed by atoms with van der Waals surface area (Å²) in [6, 6.07) is -3.90. The van der Waals surface area contributed by atoms with Crippen LogP contribution in [-0.4, -0.2) is 119 Å². The summed E-state index contributed by atoms with van der Waals surface area (Å²) in [4.78, 5) is 94.7. The van der Waals surface area contributed by atoms with Crippen molar-refractivity contribution in [2.45, 2.75) is 57.2 Å². The first-order valence-electron chi connectivity index (χ1n) is 13.0. The van der Waals surface area contributed by atoms with E-state index in [9.17, 15) is 38.4 Å². The van der Waals surface area contributed by atoms with Gasteiger partial charge in [-0.2, -0.15) is 0 Å². The van der Waals surface area contributed by atoms with Crippen LogP contribution in [0.1, 0.15) is 39.0 Å². The predicted octanol–water partition coefficient (Wildman–Crippen LogP) is -4.59. The second kappa shape index (κ2) is 20.1. The van der Waals surface area contributed by atoms with Gasteiger partial charge in [0.2, 0.25) is 29.5 Å². The van der Waals surface area contributed by atoms with Gasteiger partial charge in [0, 0.05) is 27.1 Å². The van der Waals surface area contributed by atoms with E-state index in [2.05, 4.69) is 30.8 Å². The van der Waals surface area contributed by atoms with Crippen molar-refractivity contribution in [1.29, 1.82) is 0 Å². The van der Waals surface area contributed by atoms with Crippen molar-refractivity contribution >= 4 is 49.3 Å². The van der Waals surface area contributed by atoms with Gasteiger partial charge >= 0.3 is 13.8 Å². The zero-order chi connectivity index (χ0) is 33.2. The maximum absolute atomic E-state index is 12.9. The van der Waals surface area contributed by atoms with E-state index in [0.29, 0.717) is 19.4 Å². The third kappa shape index (κ3) is 19.1. The number of aliphatic imine (C=N–C) groups is 1. The third-order valence-corrected chi connectivity index (χ3v) is 6.10. The minimum absolute atomic E-state index is 0.0299. The first-order valence-corrected chi connectivity index (χ1v) is 14.6. The maximum Gasteiger partial charge on any atom is 0.469 e. The summed E-state index contributed by atoms with van der Waals surface area (Å²) in [5.74, 6) is -4.97. The lowest BCUT2D eigenvalue weighted by atomic mass is 10.1. The molecule has 20 nitrogen and oxygen atoms in total. The molecule has 0 aromatic heterocycles. The van der Waals surface area contributed by atoms with Gasteiger partial charge in [-0.1, -0.05) is 0 Å². The van der Waals surface area contributed by atoms with Crippen LogP contribution in [0.3, 0.4) is 0 Å². The third-order valence-electron chi connectivity index (χ3n) is 5.62. The molecular weight excluding hydrogens is 597 g/mol. The highest BCUT2D eigenvalue weighted by atomic mass is 31.2. The standard InChI is InChI=1S/C22H42N9O11P/c1-13(32)26-8-4-3-6-15(21(37)38)30-17(33)10-28-20(36)16(7-5-9-27-22(24)25)31(2)18(34)11-29-19(35)14(23)12-42-43(39,40)41/h14-16H,3-12,23H2,1-2H3,(H,26,32)(H,28,36)(H,29,35)(H,30,33)(H,37,38)(H4,24,25,27)(H2,39,40,41)/t14-,15-,16-/m0/s1. The number of carboxylic acids is 1. The number of rotatable bonds is 21. The topological polar surface area (TPSA) is 331 Å². The van der Waals surface area contributed by atoms with Crippen LogP contribution in [-0.2, 0) is 37.9 Å². The molecule has 0 spiro atoms. The minimum atomic E-state index is -4.87. The van der Waals surface area contributed by atoms with Crippen LogP contribution in [0.5, 0.6) is 0 Å². The van der Waals surface area contributed by atoms with Crippen LogP contribution in [0.25, 0.3) is 0 Å². The Morgan fingerprint density at radius 2 is 1.58 bits per heavy atom. The molecule has 21 heteroatoms. The van der Waals surface area contributed by atoms with Gasteiger partial charge in [0.15, 0.2) is 5.96 Å². The Hall–Kier alpha value is -3.84. The van der Waals surface area contributed by atoms with Crippen molar-refractivity contribution in [3.05, 3.63) is 0 Å². The zero-order valence-corrected chi connectivity index (χ0v) is 24.9. The van der Waals surface area contributed by atoms with E-state index in [0.717, 1.165) is 4.90 Å². The fraction of sp³-hybridized carbons (Fsp3) is 0.682. The van der Waals surface area contributed by atoms with Crippen LogP contribution in [0.2, 0.25) is 0 Å². The van der Waals surface area contributed by atoms with Gasteiger partial charge in [-0.05, 0) is 32.1 Å². The van der Waals surface area contributed by atoms with Crippen molar-refractivity contribution in [3.8, 4) is 0 Å². The average molecular weight is 640 g/mol. The molecule has 0 fully saturated rings. The first-order chi connectivity index (χ1) is 19.9. The van der Waals surface area contributed by atoms with Crippen LogP contribution in [0, 0.1) is 0 Å². The van der Waals surface area contributed by atoms with Gasteiger partial charge in [0.1, 0.15) is 18.1 Å². The molecule has 0 bridgehead atoms. The lowest BCUT2D eigenvalue weighted by molar-refractivity contribution is -0.142. The number of guanidine groups is 1. The highest BCUT2D eigenvalue weighted by Gasteiger charge is 2.28. The van der Waals surface area contributed by atoms with Gasteiger partial charge in [0.05, 0.1) is 19.7 Å². The van der Waals surface area contributed by atoms with E-state index >= 15 is 0 Å². The van der Waals surface area contributed by atoms with Crippen molar-refractivity contribution in [1.82, 2.24) is 26.2 Å². The molecule has 0 aromatic carbocycles. The molecule has 0 saturated carbocycles. The summed E-state index contributed by atoms with van der Waals surface area (Å²) in [6.45, 7) is -0.252. The summed E-state index contributed by atoms with van der Waals surface area (Å²) in [5, 5.41) is 18.8. The summed E-state index contributed by atoms with van der Waals surface area (Å²) in [6.07, 6.45) is 1.23. The second-order valence-corrected chi connectivity index (χ2v) is 10.5. The fourth-order valence-electron chi connectivity index (χ4n) is 3.36. The van der Waals surface area contributed by atoms with Crippen LogP contribution < -0.4 is 38.5 Å². The van der Waals surface area contributed by atoms with E-state index in [-0.39, 0.29) is 37.7 Å². The lowest BCUT2D eigenvalue weighted by Crippen LogP contribution is -2.53. The SMILES string of the molecule is CC(=O)NCCCC[C@H](NC(=O)CNC(=O)[C@H](CCCN=C(N)N)N(C)C(=O)CNC(=O)[C@@H](N)COP(=O)(O)O)C(=O)O. The monoisotopic (exact) mass is 639 g/mol. The quantitative estimate of drug-likeness (QED) is 0.0245. The number of carbonyl (C=O) groups is 6. The summed E-state index contributed by atoms with van der Waals surface area (Å²) in [7, 11) is -3.61. The van der Waals surface area contributed by atoms with Gasteiger partial charge in [-0.15, -0.1) is 0 Å². The number of hydrogen-bond donors (Lipinski definition) is 10. The molecule has 0 aromatic rings. The average Bonchev–Trinajstić information content (AvgIpc) is 2.90.